The molecule has 194 valence electrons. The minimum atomic E-state index is -1.14. The SMILES string of the molecule is CCN(CC)c1cc(C)c(-c2ccc(/C=c3/c(C(=O)O)nn4c(-c5ccc(Cl)c(Cl)c5)nnc34)s2)c(C)c1. The number of thiophene rings is 1. The second kappa shape index (κ2) is 10.4. The lowest BCUT2D eigenvalue weighted by molar-refractivity contribution is 0.0689. The molecule has 0 radical (unpaired) electrons. The lowest BCUT2D eigenvalue weighted by Gasteiger charge is -2.23. The Bertz CT molecular complexity index is 1720. The van der Waals surface area contributed by atoms with Crippen molar-refractivity contribution in [3.05, 3.63) is 79.4 Å². The van der Waals surface area contributed by atoms with Gasteiger partial charge in [0.1, 0.15) is 0 Å². The van der Waals surface area contributed by atoms with Crippen LogP contribution in [0.4, 0.5) is 5.69 Å². The number of anilines is 1. The molecule has 3 aromatic heterocycles. The zero-order chi connectivity index (χ0) is 27.1. The van der Waals surface area contributed by atoms with E-state index in [1.54, 1.807) is 29.5 Å². The maximum atomic E-state index is 12.1. The molecular weight excluding hydrogens is 541 g/mol. The largest absolute Gasteiger partial charge is 0.476 e. The molecular formula is C28H25Cl2N5O2S. The summed E-state index contributed by atoms with van der Waals surface area (Å²) >= 11 is 13.8. The van der Waals surface area contributed by atoms with Gasteiger partial charge in [-0.3, -0.25) is 0 Å². The number of benzene rings is 2. The minimum Gasteiger partial charge on any atom is -0.476 e. The van der Waals surface area contributed by atoms with Crippen molar-refractivity contribution in [2.45, 2.75) is 27.7 Å². The second-order valence-corrected chi connectivity index (χ2v) is 10.9. The molecule has 2 aromatic carbocycles. The van der Waals surface area contributed by atoms with Crippen LogP contribution in [0.3, 0.4) is 0 Å². The third-order valence-electron chi connectivity index (χ3n) is 6.52. The number of rotatable bonds is 7. The molecule has 0 amide bonds. The van der Waals surface area contributed by atoms with E-state index in [9.17, 15) is 9.90 Å². The quantitative estimate of drug-likeness (QED) is 0.241. The van der Waals surface area contributed by atoms with E-state index in [0.717, 1.165) is 22.8 Å². The molecule has 7 nitrogen and oxygen atoms in total. The van der Waals surface area contributed by atoms with Gasteiger partial charge in [-0.2, -0.15) is 9.61 Å². The van der Waals surface area contributed by atoms with Crippen molar-refractivity contribution < 1.29 is 9.90 Å². The van der Waals surface area contributed by atoms with Crippen molar-refractivity contribution in [2.24, 2.45) is 0 Å². The van der Waals surface area contributed by atoms with Gasteiger partial charge in [0.05, 0.1) is 15.3 Å². The van der Waals surface area contributed by atoms with Gasteiger partial charge in [0, 0.05) is 34.1 Å². The summed E-state index contributed by atoms with van der Waals surface area (Å²) in [5.41, 5.74) is 5.71. The number of carbonyl (C=O) groups is 1. The number of carboxylic acid groups (broad SMARTS) is 1. The third-order valence-corrected chi connectivity index (χ3v) is 8.31. The van der Waals surface area contributed by atoms with Crippen molar-refractivity contribution in [3.63, 3.8) is 0 Å². The number of halogens is 2. The van der Waals surface area contributed by atoms with Gasteiger partial charge in [0.2, 0.25) is 0 Å². The van der Waals surface area contributed by atoms with Gasteiger partial charge in [-0.15, -0.1) is 21.5 Å². The smallest absolute Gasteiger partial charge is 0.357 e. The molecule has 0 saturated carbocycles. The Balaban J connectivity index is 1.59. The van der Waals surface area contributed by atoms with Crippen LogP contribution >= 0.6 is 34.5 Å². The Kier molecular flexibility index (Phi) is 7.13. The van der Waals surface area contributed by atoms with Gasteiger partial charge in [-0.05, 0) is 92.9 Å². The van der Waals surface area contributed by atoms with Crippen molar-refractivity contribution in [1.29, 1.82) is 0 Å². The van der Waals surface area contributed by atoms with Crippen LogP contribution in [-0.4, -0.2) is 44.0 Å². The van der Waals surface area contributed by atoms with E-state index in [1.165, 1.54) is 26.9 Å². The lowest BCUT2D eigenvalue weighted by atomic mass is 10.00. The maximum absolute atomic E-state index is 12.1. The summed E-state index contributed by atoms with van der Waals surface area (Å²) in [7, 11) is 0. The highest BCUT2D eigenvalue weighted by molar-refractivity contribution is 7.16. The van der Waals surface area contributed by atoms with E-state index in [2.05, 4.69) is 66.1 Å². The molecule has 1 N–H and O–H groups in total. The average molecular weight is 567 g/mol. The van der Waals surface area contributed by atoms with Crippen molar-refractivity contribution in [2.75, 3.05) is 18.0 Å². The predicted octanol–water partition coefficient (Wildman–Crippen LogP) is 6.54. The molecule has 3 heterocycles. The maximum Gasteiger partial charge on any atom is 0.357 e. The number of aromatic carboxylic acids is 1. The number of fused-ring (bicyclic) bond motifs is 1. The van der Waals surface area contributed by atoms with Crippen LogP contribution in [0.15, 0.2) is 42.5 Å². The molecule has 0 bridgehead atoms. The van der Waals surface area contributed by atoms with Crippen molar-refractivity contribution >= 4 is 57.9 Å². The molecule has 0 aliphatic rings. The molecule has 5 aromatic rings. The van der Waals surface area contributed by atoms with Crippen LogP contribution in [0.1, 0.15) is 40.3 Å². The van der Waals surface area contributed by atoms with Gasteiger partial charge in [-0.1, -0.05) is 23.2 Å². The van der Waals surface area contributed by atoms with E-state index >= 15 is 0 Å². The monoisotopic (exact) mass is 565 g/mol. The number of nitrogens with zero attached hydrogens (tertiary/aromatic N) is 5. The van der Waals surface area contributed by atoms with Gasteiger partial charge in [-0.25, -0.2) is 4.79 Å². The summed E-state index contributed by atoms with van der Waals surface area (Å²) in [5.74, 6) is -0.760. The normalized spacial score (nSPS) is 12.0. The first-order valence-electron chi connectivity index (χ1n) is 12.1. The topological polar surface area (TPSA) is 83.6 Å². The number of carboxylic acids is 1. The Morgan fingerprint density at radius 3 is 2.37 bits per heavy atom. The molecule has 0 aliphatic heterocycles. The van der Waals surface area contributed by atoms with E-state index in [1.807, 2.05) is 12.1 Å². The average Bonchev–Trinajstić information content (AvgIpc) is 3.58. The zero-order valence-corrected chi connectivity index (χ0v) is 23.6. The van der Waals surface area contributed by atoms with Crippen LogP contribution in [0, 0.1) is 13.8 Å². The Morgan fingerprint density at radius 2 is 1.74 bits per heavy atom. The number of hydrogen-bond donors (Lipinski definition) is 1. The van der Waals surface area contributed by atoms with Gasteiger partial charge < -0.3 is 10.0 Å². The van der Waals surface area contributed by atoms with Crippen molar-refractivity contribution in [1.82, 2.24) is 19.8 Å². The molecule has 5 rings (SSSR count). The van der Waals surface area contributed by atoms with E-state index in [-0.39, 0.29) is 5.69 Å². The molecule has 0 atom stereocenters. The Hall–Kier alpha value is -3.46. The molecule has 0 fully saturated rings. The number of aryl methyl sites for hydroxylation is 2. The second-order valence-electron chi connectivity index (χ2n) is 8.93. The van der Waals surface area contributed by atoms with Gasteiger partial charge in [0.15, 0.2) is 17.2 Å². The highest BCUT2D eigenvalue weighted by Gasteiger charge is 2.20. The third kappa shape index (κ3) is 4.64. The first-order chi connectivity index (χ1) is 18.2. The standard InChI is InChI=1S/C28H25Cl2N5O2S/c1-5-34(6-2)18-11-15(3)24(16(4)12-18)23-10-8-19(38-23)14-20-25(28(36)37)33-35-26(31-32-27(20)35)17-7-9-21(29)22(30)13-17/h7-14H,5-6H2,1-4H3,(H,36,37)/b20-14-. The number of hydrogen-bond acceptors (Lipinski definition) is 6. The van der Waals surface area contributed by atoms with Gasteiger partial charge in [0.25, 0.3) is 0 Å². The summed E-state index contributed by atoms with van der Waals surface area (Å²) in [5, 5.41) is 23.9. The fourth-order valence-electron chi connectivity index (χ4n) is 4.72. The first kappa shape index (κ1) is 26.2. The summed E-state index contributed by atoms with van der Waals surface area (Å²) in [6.07, 6.45) is 1.81. The van der Waals surface area contributed by atoms with Crippen LogP contribution in [0.2, 0.25) is 10.0 Å². The molecule has 0 aliphatic carbocycles. The first-order valence-corrected chi connectivity index (χ1v) is 13.7. The van der Waals surface area contributed by atoms with E-state index in [0.29, 0.717) is 32.3 Å². The fourth-order valence-corrected chi connectivity index (χ4v) is 6.14. The molecule has 38 heavy (non-hydrogen) atoms. The summed E-state index contributed by atoms with van der Waals surface area (Å²) in [6, 6.07) is 13.6. The van der Waals surface area contributed by atoms with Crippen LogP contribution in [-0.2, 0) is 0 Å². The lowest BCUT2D eigenvalue weighted by Crippen LogP contribution is -2.22. The molecule has 0 unspecified atom stereocenters. The van der Waals surface area contributed by atoms with E-state index < -0.39 is 5.97 Å². The molecule has 0 saturated heterocycles. The summed E-state index contributed by atoms with van der Waals surface area (Å²) in [4.78, 5) is 16.4. The Labute approximate surface area is 233 Å². The fraction of sp³-hybridized carbons (Fsp3) is 0.214. The predicted molar refractivity (Wildman–Crippen MR) is 155 cm³/mol. The van der Waals surface area contributed by atoms with Gasteiger partial charge >= 0.3 is 5.97 Å². The molecule has 10 heteroatoms. The van der Waals surface area contributed by atoms with Crippen LogP contribution in [0.25, 0.3) is 33.6 Å². The van der Waals surface area contributed by atoms with Crippen LogP contribution in [0.5, 0.6) is 0 Å². The highest BCUT2D eigenvalue weighted by Crippen LogP contribution is 2.36. The molecule has 0 spiro atoms. The summed E-state index contributed by atoms with van der Waals surface area (Å²) < 4.78 is 1.43. The van der Waals surface area contributed by atoms with Crippen LogP contribution < -0.4 is 10.1 Å². The van der Waals surface area contributed by atoms with Crippen molar-refractivity contribution in [3.8, 4) is 21.8 Å². The minimum absolute atomic E-state index is 0.0953. The Morgan fingerprint density at radius 1 is 1.03 bits per heavy atom. The highest BCUT2D eigenvalue weighted by atomic mass is 35.5. The number of aromatic nitrogens is 4. The summed E-state index contributed by atoms with van der Waals surface area (Å²) in [6.45, 7) is 10.5. The zero-order valence-electron chi connectivity index (χ0n) is 21.3. The van der Waals surface area contributed by atoms with E-state index in [4.69, 9.17) is 23.2 Å².